The van der Waals surface area contributed by atoms with Crippen molar-refractivity contribution < 1.29 is 29.7 Å². The van der Waals surface area contributed by atoms with Gasteiger partial charge in [0.25, 0.3) is 0 Å². The van der Waals surface area contributed by atoms with E-state index in [1.165, 1.54) is 11.4 Å². The fourth-order valence-corrected chi connectivity index (χ4v) is 1.17. The lowest BCUT2D eigenvalue weighted by Gasteiger charge is -2.12. The minimum Gasteiger partial charge on any atom is -1.00 e. The maximum Gasteiger partial charge on any atom is 0.221 e. The van der Waals surface area contributed by atoms with Gasteiger partial charge in [0.1, 0.15) is 0 Å². The maximum absolute atomic E-state index is 5.90. The fourth-order valence-electron chi connectivity index (χ4n) is 0.961. The van der Waals surface area contributed by atoms with Crippen molar-refractivity contribution in [3.63, 3.8) is 0 Å². The maximum atomic E-state index is 5.90. The van der Waals surface area contributed by atoms with E-state index in [2.05, 4.69) is 11.9 Å². The Hall–Kier alpha value is 0.790. The summed E-state index contributed by atoms with van der Waals surface area (Å²) in [7, 11) is 4.16. The molecule has 10 heavy (non-hydrogen) atoms. The molecule has 2 unspecified atom stereocenters. The molecule has 0 radical (unpaired) electrons. The van der Waals surface area contributed by atoms with Gasteiger partial charge < -0.3 is 29.7 Å². The van der Waals surface area contributed by atoms with E-state index in [0.29, 0.717) is 0 Å². The molecule has 5 heteroatoms. The van der Waals surface area contributed by atoms with Crippen LogP contribution in [-0.2, 0) is 0 Å². The Labute approximate surface area is 79.3 Å². The van der Waals surface area contributed by atoms with Gasteiger partial charge in [0.15, 0.2) is 0 Å². The van der Waals surface area contributed by atoms with Crippen LogP contribution in [0.5, 0.6) is 0 Å². The Bertz CT molecular complexity index is 81.0. The van der Waals surface area contributed by atoms with E-state index in [4.69, 9.17) is 11.6 Å². The number of hydrogen-bond donors (Lipinski definition) is 1. The molecule has 1 N–H and O–H groups in total. The first kappa shape index (κ1) is 13.4. The SMILES string of the molecule is CN1CC[NH+](C)C1Cl.[Cl-].[Cl-]. The lowest BCUT2D eigenvalue weighted by atomic mass is 10.6. The number of rotatable bonds is 0. The van der Waals surface area contributed by atoms with Crippen LogP contribution in [-0.4, -0.2) is 37.7 Å². The number of hydrogen-bond acceptors (Lipinski definition) is 1. The number of alkyl halides is 1. The highest BCUT2D eigenvalue weighted by Crippen LogP contribution is 1.95. The third kappa shape index (κ3) is 2.81. The van der Waals surface area contributed by atoms with Crippen molar-refractivity contribution in [1.82, 2.24) is 4.90 Å². The molecule has 1 fully saturated rings. The minimum atomic E-state index is 0. The zero-order valence-electron chi connectivity index (χ0n) is 6.07. The summed E-state index contributed by atoms with van der Waals surface area (Å²) in [5, 5.41) is 0. The number of nitrogens with one attached hydrogen (secondary N) is 1. The molecule has 2 nitrogen and oxygen atoms in total. The molecule has 0 aromatic heterocycles. The lowest BCUT2D eigenvalue weighted by Crippen LogP contribution is -3.10. The van der Waals surface area contributed by atoms with Crippen LogP contribution < -0.4 is 29.7 Å². The third-order valence-electron chi connectivity index (χ3n) is 1.65. The first-order valence-electron chi connectivity index (χ1n) is 2.88. The molecule has 0 aliphatic carbocycles. The first-order valence-corrected chi connectivity index (χ1v) is 3.32. The number of likely N-dealkylation sites (N-methyl/N-ethyl adjacent to an activating group) is 2. The summed E-state index contributed by atoms with van der Waals surface area (Å²) >= 11 is 5.90. The van der Waals surface area contributed by atoms with E-state index in [-0.39, 0.29) is 30.4 Å². The first-order chi connectivity index (χ1) is 3.72. The smallest absolute Gasteiger partial charge is 0.221 e. The zero-order valence-corrected chi connectivity index (χ0v) is 8.34. The molecule has 1 aliphatic rings. The van der Waals surface area contributed by atoms with E-state index in [1.54, 1.807) is 0 Å². The van der Waals surface area contributed by atoms with Gasteiger partial charge in [-0.25, -0.2) is 4.90 Å². The summed E-state index contributed by atoms with van der Waals surface area (Å²) in [4.78, 5) is 3.55. The van der Waals surface area contributed by atoms with Crippen LogP contribution in [0, 0.1) is 0 Å². The van der Waals surface area contributed by atoms with Crippen molar-refractivity contribution in [3.8, 4) is 0 Å². The van der Waals surface area contributed by atoms with Crippen LogP contribution in [0.1, 0.15) is 0 Å². The normalized spacial score (nSPS) is 32.7. The Morgan fingerprint density at radius 1 is 1.50 bits per heavy atom. The van der Waals surface area contributed by atoms with Gasteiger partial charge in [-0.2, -0.15) is 0 Å². The van der Waals surface area contributed by atoms with Crippen LogP contribution in [0.3, 0.4) is 0 Å². The van der Waals surface area contributed by atoms with Crippen LogP contribution in [0.15, 0.2) is 0 Å². The Kier molecular flexibility index (Phi) is 7.28. The zero-order chi connectivity index (χ0) is 6.15. The molecule has 2 atom stereocenters. The molecule has 0 aromatic carbocycles. The van der Waals surface area contributed by atoms with Crippen molar-refractivity contribution >= 4 is 11.6 Å². The third-order valence-corrected chi connectivity index (χ3v) is 2.36. The van der Waals surface area contributed by atoms with Crippen LogP contribution in [0.2, 0.25) is 0 Å². The van der Waals surface area contributed by atoms with Crippen molar-refractivity contribution in [2.75, 3.05) is 27.2 Å². The fraction of sp³-hybridized carbons (Fsp3) is 1.00. The van der Waals surface area contributed by atoms with Gasteiger partial charge >= 0.3 is 0 Å². The van der Waals surface area contributed by atoms with Crippen molar-refractivity contribution in [1.29, 1.82) is 0 Å². The summed E-state index contributed by atoms with van der Waals surface area (Å²) in [6.45, 7) is 2.30. The van der Waals surface area contributed by atoms with E-state index in [0.717, 1.165) is 6.54 Å². The largest absolute Gasteiger partial charge is 1.00 e. The quantitative estimate of drug-likeness (QED) is 0.306. The molecule has 1 heterocycles. The molecule has 1 aliphatic heterocycles. The molecule has 1 rings (SSSR count). The van der Waals surface area contributed by atoms with Crippen molar-refractivity contribution in [2.45, 2.75) is 5.62 Å². The monoisotopic (exact) mass is 205 g/mol. The van der Waals surface area contributed by atoms with Crippen molar-refractivity contribution in [3.05, 3.63) is 0 Å². The van der Waals surface area contributed by atoms with Gasteiger partial charge in [-0.15, -0.1) is 0 Å². The van der Waals surface area contributed by atoms with E-state index in [9.17, 15) is 0 Å². The topological polar surface area (TPSA) is 7.68 Å². The average molecular weight is 207 g/mol. The highest BCUT2D eigenvalue weighted by Gasteiger charge is 2.27. The standard InChI is InChI=1S/C5H11ClN2.2ClH/c1-7-3-4-8(2)5(7)6;;/h5H,3-4H2,1-2H3;2*1H/p-1. The molecule has 0 aromatic rings. The van der Waals surface area contributed by atoms with Crippen molar-refractivity contribution in [2.24, 2.45) is 0 Å². The van der Waals surface area contributed by atoms with Crippen LogP contribution in [0.25, 0.3) is 0 Å². The second-order valence-corrected chi connectivity index (χ2v) is 2.83. The van der Waals surface area contributed by atoms with Gasteiger partial charge in [-0.1, -0.05) is 0 Å². The minimum absolute atomic E-state index is 0. The van der Waals surface area contributed by atoms with Gasteiger partial charge in [0.05, 0.1) is 20.1 Å². The second-order valence-electron chi connectivity index (χ2n) is 2.41. The van der Waals surface area contributed by atoms with Crippen LogP contribution >= 0.6 is 11.6 Å². The summed E-state index contributed by atoms with van der Waals surface area (Å²) < 4.78 is 0. The van der Waals surface area contributed by atoms with E-state index >= 15 is 0 Å². The molecule has 0 saturated carbocycles. The van der Waals surface area contributed by atoms with Gasteiger partial charge in [-0.3, -0.25) is 0 Å². The summed E-state index contributed by atoms with van der Waals surface area (Å²) in [6, 6.07) is 0. The summed E-state index contributed by atoms with van der Waals surface area (Å²) in [6.07, 6.45) is 0. The molecule has 64 valence electrons. The summed E-state index contributed by atoms with van der Waals surface area (Å²) in [5.74, 6) is 0. The summed E-state index contributed by atoms with van der Waals surface area (Å²) in [5.41, 5.74) is 0.204. The highest BCUT2D eigenvalue weighted by atomic mass is 35.5. The Morgan fingerprint density at radius 3 is 2.10 bits per heavy atom. The molecule has 0 amide bonds. The molecule has 1 saturated heterocycles. The number of halogens is 3. The lowest BCUT2D eigenvalue weighted by molar-refractivity contribution is -0.883. The average Bonchev–Trinajstić information content (AvgIpc) is 1.98. The molecule has 0 spiro atoms. The predicted molar refractivity (Wildman–Crippen MR) is 34.0 cm³/mol. The second kappa shape index (κ2) is 5.44. The number of quaternary nitrogens is 1. The Balaban J connectivity index is 0. The molecule has 0 bridgehead atoms. The van der Waals surface area contributed by atoms with Crippen LogP contribution in [0.4, 0.5) is 0 Å². The number of nitrogens with zero attached hydrogens (tertiary/aromatic N) is 1. The predicted octanol–water partition coefficient (Wildman–Crippen LogP) is -7.02. The van der Waals surface area contributed by atoms with E-state index < -0.39 is 0 Å². The molecular formula is C5H12Cl3N2-. The van der Waals surface area contributed by atoms with Gasteiger partial charge in [0, 0.05) is 0 Å². The highest BCUT2D eigenvalue weighted by molar-refractivity contribution is 6.19. The van der Waals surface area contributed by atoms with Gasteiger partial charge in [0.2, 0.25) is 5.62 Å². The Morgan fingerprint density at radius 2 is 2.00 bits per heavy atom. The molecular weight excluding hydrogens is 194 g/mol. The van der Waals surface area contributed by atoms with Gasteiger partial charge in [-0.05, 0) is 18.6 Å². The van der Waals surface area contributed by atoms with E-state index in [1.807, 2.05) is 7.05 Å².